The highest BCUT2D eigenvalue weighted by Gasteiger charge is 2.35. The van der Waals surface area contributed by atoms with Crippen LogP contribution in [0.25, 0.3) is 0 Å². The molecule has 3 N–H and O–H groups in total. The van der Waals surface area contributed by atoms with Crippen LogP contribution in [0.2, 0.25) is 0 Å². The molecule has 0 bridgehead atoms. The number of nitro groups is 1. The summed E-state index contributed by atoms with van der Waals surface area (Å²) in [5.74, 6) is -0.215. The molecule has 3 aromatic rings. The van der Waals surface area contributed by atoms with Crippen molar-refractivity contribution in [2.24, 2.45) is 0 Å². The van der Waals surface area contributed by atoms with Crippen LogP contribution in [-0.4, -0.2) is 34.9 Å². The maximum absolute atomic E-state index is 12.9. The second-order valence-electron chi connectivity index (χ2n) is 7.81. The minimum atomic E-state index is -0.573. The molecule has 1 saturated heterocycles. The van der Waals surface area contributed by atoms with Gasteiger partial charge in [-0.25, -0.2) is 0 Å². The highest BCUT2D eigenvalue weighted by molar-refractivity contribution is 5.96. The Morgan fingerprint density at radius 2 is 1.71 bits per heavy atom. The van der Waals surface area contributed by atoms with Crippen molar-refractivity contribution >= 4 is 17.3 Å². The van der Waals surface area contributed by atoms with E-state index >= 15 is 0 Å². The summed E-state index contributed by atoms with van der Waals surface area (Å²) in [7, 11) is 0. The molecule has 7 heteroatoms. The summed E-state index contributed by atoms with van der Waals surface area (Å²) in [5.41, 5.74) is 8.05. The number of nitrogens with one attached hydrogen (secondary N) is 1. The fourth-order valence-electron chi connectivity index (χ4n) is 4.14. The Hall–Kier alpha value is -3.71. The van der Waals surface area contributed by atoms with Gasteiger partial charge in [0.1, 0.15) is 5.69 Å². The number of likely N-dealkylation sites (tertiary alicyclic amines) is 1. The molecule has 0 aromatic heterocycles. The number of nitro benzene ring substituents is 1. The minimum Gasteiger partial charge on any atom is -0.393 e. The smallest absolute Gasteiger partial charge is 0.292 e. The summed E-state index contributed by atoms with van der Waals surface area (Å²) < 4.78 is 0. The molecule has 31 heavy (non-hydrogen) atoms. The fraction of sp³-hybridized carbons (Fsp3) is 0.208. The lowest BCUT2D eigenvalue weighted by molar-refractivity contribution is -0.383. The normalized spacial score (nSPS) is 18.6. The molecule has 7 nitrogen and oxygen atoms in total. The molecule has 0 unspecified atom stereocenters. The van der Waals surface area contributed by atoms with Crippen LogP contribution < -0.4 is 11.1 Å². The first-order chi connectivity index (χ1) is 15.0. The molecule has 4 rings (SSSR count). The van der Waals surface area contributed by atoms with Crippen molar-refractivity contribution in [3.8, 4) is 0 Å². The van der Waals surface area contributed by atoms with Gasteiger partial charge in [0.25, 0.3) is 11.6 Å². The van der Waals surface area contributed by atoms with Crippen LogP contribution >= 0.6 is 0 Å². The number of amides is 1. The Morgan fingerprint density at radius 3 is 2.39 bits per heavy atom. The summed E-state index contributed by atoms with van der Waals surface area (Å²) in [5, 5.41) is 14.3. The summed E-state index contributed by atoms with van der Waals surface area (Å²) in [6, 6.07) is 24.4. The lowest BCUT2D eigenvalue weighted by atomic mass is 9.94. The number of hydrogen-bond acceptors (Lipinski definition) is 5. The first-order valence-corrected chi connectivity index (χ1v) is 10.2. The average molecular weight is 416 g/mol. The zero-order valence-electron chi connectivity index (χ0n) is 17.0. The van der Waals surface area contributed by atoms with E-state index in [4.69, 9.17) is 5.73 Å². The largest absolute Gasteiger partial charge is 0.393 e. The van der Waals surface area contributed by atoms with Crippen molar-refractivity contribution in [2.75, 3.05) is 18.8 Å². The van der Waals surface area contributed by atoms with E-state index in [1.165, 1.54) is 23.8 Å². The Morgan fingerprint density at radius 1 is 1.03 bits per heavy atom. The lowest BCUT2D eigenvalue weighted by Gasteiger charge is -2.20. The maximum atomic E-state index is 12.9. The number of nitrogens with zero attached hydrogens (tertiary/aromatic N) is 2. The molecule has 158 valence electrons. The molecule has 1 amide bonds. The quantitative estimate of drug-likeness (QED) is 0.363. The van der Waals surface area contributed by atoms with E-state index in [1.807, 2.05) is 36.4 Å². The van der Waals surface area contributed by atoms with E-state index < -0.39 is 4.92 Å². The van der Waals surface area contributed by atoms with Crippen LogP contribution in [-0.2, 0) is 6.54 Å². The molecular formula is C24H24N4O3. The molecule has 0 saturated carbocycles. The molecule has 1 aliphatic rings. The van der Waals surface area contributed by atoms with Crippen molar-refractivity contribution in [3.63, 3.8) is 0 Å². The number of anilines is 1. The van der Waals surface area contributed by atoms with Gasteiger partial charge in [-0.2, -0.15) is 0 Å². The lowest BCUT2D eigenvalue weighted by Crippen LogP contribution is -2.39. The third kappa shape index (κ3) is 4.73. The third-order valence-corrected chi connectivity index (χ3v) is 5.68. The van der Waals surface area contributed by atoms with Crippen molar-refractivity contribution in [3.05, 3.63) is 106 Å². The van der Waals surface area contributed by atoms with Gasteiger partial charge in [-0.1, -0.05) is 60.7 Å². The first-order valence-electron chi connectivity index (χ1n) is 10.2. The Kier molecular flexibility index (Phi) is 5.95. The number of rotatable bonds is 6. The van der Waals surface area contributed by atoms with Crippen molar-refractivity contribution in [1.29, 1.82) is 0 Å². The second kappa shape index (κ2) is 8.97. The van der Waals surface area contributed by atoms with Crippen LogP contribution in [0, 0.1) is 10.1 Å². The van der Waals surface area contributed by atoms with Gasteiger partial charge in [0.2, 0.25) is 0 Å². The molecule has 1 aliphatic heterocycles. The van der Waals surface area contributed by atoms with Crippen LogP contribution in [0.4, 0.5) is 11.4 Å². The average Bonchev–Trinajstić information content (AvgIpc) is 3.17. The van der Waals surface area contributed by atoms with Gasteiger partial charge in [0, 0.05) is 43.2 Å². The predicted octanol–water partition coefficient (Wildman–Crippen LogP) is 3.58. The van der Waals surface area contributed by atoms with Crippen LogP contribution in [0.5, 0.6) is 0 Å². The van der Waals surface area contributed by atoms with Crippen molar-refractivity contribution < 1.29 is 9.72 Å². The van der Waals surface area contributed by atoms with Crippen LogP contribution in [0.3, 0.4) is 0 Å². The van der Waals surface area contributed by atoms with E-state index in [2.05, 4.69) is 34.5 Å². The number of hydrogen-bond donors (Lipinski definition) is 2. The van der Waals surface area contributed by atoms with Gasteiger partial charge in [-0.3, -0.25) is 19.8 Å². The summed E-state index contributed by atoms with van der Waals surface area (Å²) >= 11 is 0. The van der Waals surface area contributed by atoms with E-state index in [0.717, 1.165) is 18.7 Å². The number of benzene rings is 3. The minimum absolute atomic E-state index is 0.0404. The fourth-order valence-corrected chi connectivity index (χ4v) is 4.14. The standard InChI is InChI=1S/C24H24N4O3/c25-21-12-11-19(13-23(21)28(30)31)24(29)26-22-16-27(14-17-7-3-1-4-8-17)15-20(22)18-9-5-2-6-10-18/h1-13,20,22H,14-16,25H2,(H,26,29)/t20-,22+/m0/s1. The molecule has 1 fully saturated rings. The van der Waals surface area contributed by atoms with Crippen LogP contribution in [0.1, 0.15) is 27.4 Å². The molecule has 1 heterocycles. The Labute approximate surface area is 180 Å². The number of carbonyl (C=O) groups excluding carboxylic acids is 1. The number of carbonyl (C=O) groups is 1. The Balaban J connectivity index is 1.54. The van der Waals surface area contributed by atoms with Gasteiger partial charge in [0.05, 0.1) is 4.92 Å². The maximum Gasteiger partial charge on any atom is 0.292 e. The number of nitrogen functional groups attached to an aromatic ring is 1. The van der Waals surface area contributed by atoms with Crippen molar-refractivity contribution in [2.45, 2.75) is 18.5 Å². The second-order valence-corrected chi connectivity index (χ2v) is 7.81. The highest BCUT2D eigenvalue weighted by Crippen LogP contribution is 2.29. The van der Waals surface area contributed by atoms with Crippen molar-refractivity contribution in [1.82, 2.24) is 10.2 Å². The first kappa shape index (κ1) is 20.6. The molecule has 3 aromatic carbocycles. The van der Waals surface area contributed by atoms with E-state index in [-0.39, 0.29) is 34.8 Å². The van der Waals surface area contributed by atoms with E-state index in [1.54, 1.807) is 0 Å². The van der Waals surface area contributed by atoms with E-state index in [9.17, 15) is 14.9 Å². The van der Waals surface area contributed by atoms with Gasteiger partial charge < -0.3 is 11.1 Å². The molecule has 0 radical (unpaired) electrons. The third-order valence-electron chi connectivity index (χ3n) is 5.68. The summed E-state index contributed by atoms with van der Waals surface area (Å²) in [6.45, 7) is 2.30. The highest BCUT2D eigenvalue weighted by atomic mass is 16.6. The molecular weight excluding hydrogens is 392 g/mol. The number of nitrogens with two attached hydrogens (primary N) is 1. The molecule has 0 aliphatic carbocycles. The van der Waals surface area contributed by atoms with Gasteiger partial charge in [-0.15, -0.1) is 0 Å². The van der Waals surface area contributed by atoms with Gasteiger partial charge >= 0.3 is 0 Å². The zero-order valence-corrected chi connectivity index (χ0v) is 17.0. The zero-order chi connectivity index (χ0) is 21.8. The molecule has 2 atom stereocenters. The SMILES string of the molecule is Nc1ccc(C(=O)N[C@@H]2CN(Cc3ccccc3)C[C@H]2c2ccccc2)cc1[N+](=O)[O-]. The van der Waals surface area contributed by atoms with E-state index in [0.29, 0.717) is 6.54 Å². The monoisotopic (exact) mass is 416 g/mol. The van der Waals surface area contributed by atoms with Crippen LogP contribution in [0.15, 0.2) is 78.9 Å². The Bertz CT molecular complexity index is 1070. The topological polar surface area (TPSA) is 102 Å². The van der Waals surface area contributed by atoms with Gasteiger partial charge in [0.15, 0.2) is 0 Å². The summed E-state index contributed by atoms with van der Waals surface area (Å²) in [4.78, 5) is 25.9. The van der Waals surface area contributed by atoms with Gasteiger partial charge in [-0.05, 0) is 23.3 Å². The predicted molar refractivity (Wildman–Crippen MR) is 120 cm³/mol. The summed E-state index contributed by atoms with van der Waals surface area (Å²) in [6.07, 6.45) is 0. The molecule has 0 spiro atoms.